The van der Waals surface area contributed by atoms with Crippen LogP contribution in [0.5, 0.6) is 0 Å². The summed E-state index contributed by atoms with van der Waals surface area (Å²) in [6.07, 6.45) is 2.74. The van der Waals surface area contributed by atoms with Crippen LogP contribution in [0.4, 0.5) is 0 Å². The van der Waals surface area contributed by atoms with Gasteiger partial charge < -0.3 is 10.6 Å². The molecule has 0 saturated heterocycles. The van der Waals surface area contributed by atoms with Crippen LogP contribution in [0, 0.1) is 0 Å². The van der Waals surface area contributed by atoms with E-state index in [4.69, 9.17) is 4.98 Å². The number of nitrogens with zero attached hydrogens (tertiary/aromatic N) is 3. The van der Waals surface area contributed by atoms with Gasteiger partial charge in [-0.05, 0) is 17.7 Å². The predicted octanol–water partition coefficient (Wildman–Crippen LogP) is 4.51. The Kier molecular flexibility index (Phi) is 8.18. The van der Waals surface area contributed by atoms with E-state index in [2.05, 4.69) is 52.8 Å². The van der Waals surface area contributed by atoms with Crippen molar-refractivity contribution in [2.75, 3.05) is 13.6 Å². The summed E-state index contributed by atoms with van der Waals surface area (Å²) in [5, 5.41) is 11.2. The van der Waals surface area contributed by atoms with Gasteiger partial charge in [0.2, 0.25) is 0 Å². The van der Waals surface area contributed by atoms with Gasteiger partial charge in [0, 0.05) is 48.9 Å². The number of aliphatic imine (C=N–C) groups is 1. The molecule has 0 aliphatic carbocycles. The zero-order chi connectivity index (χ0) is 19.3. The first-order valence-electron chi connectivity index (χ1n) is 9.19. The van der Waals surface area contributed by atoms with Crippen molar-refractivity contribution in [2.45, 2.75) is 39.2 Å². The van der Waals surface area contributed by atoms with Gasteiger partial charge in [-0.2, -0.15) is 0 Å². The molecule has 0 spiro atoms. The van der Waals surface area contributed by atoms with Crippen molar-refractivity contribution in [1.29, 1.82) is 0 Å². The number of para-hydroxylation sites is 1. The Morgan fingerprint density at radius 2 is 1.93 bits per heavy atom. The normalized spacial score (nSPS) is 11.9. The number of rotatable bonds is 5. The molecule has 0 aliphatic heterocycles. The molecular formula is C21H28IN5S. The molecule has 28 heavy (non-hydrogen) atoms. The second-order valence-corrected chi connectivity index (χ2v) is 8.41. The minimum atomic E-state index is 0. The van der Waals surface area contributed by atoms with Gasteiger partial charge in [-0.1, -0.05) is 39.0 Å². The lowest BCUT2D eigenvalue weighted by molar-refractivity contribution is 0.570. The molecule has 7 heteroatoms. The van der Waals surface area contributed by atoms with Crippen LogP contribution in [0.2, 0.25) is 0 Å². The highest BCUT2D eigenvalue weighted by atomic mass is 127. The van der Waals surface area contributed by atoms with E-state index in [1.807, 2.05) is 30.5 Å². The van der Waals surface area contributed by atoms with Gasteiger partial charge in [-0.15, -0.1) is 35.3 Å². The Morgan fingerprint density at radius 1 is 1.14 bits per heavy atom. The van der Waals surface area contributed by atoms with Gasteiger partial charge in [-0.25, -0.2) is 4.98 Å². The van der Waals surface area contributed by atoms with E-state index in [-0.39, 0.29) is 29.4 Å². The van der Waals surface area contributed by atoms with E-state index < -0.39 is 0 Å². The summed E-state index contributed by atoms with van der Waals surface area (Å²) >= 11 is 1.73. The predicted molar refractivity (Wildman–Crippen MR) is 130 cm³/mol. The number of hydrogen-bond donors (Lipinski definition) is 2. The Bertz CT molecular complexity index is 924. The molecule has 0 aliphatic rings. The van der Waals surface area contributed by atoms with Gasteiger partial charge in [0.15, 0.2) is 5.96 Å². The largest absolute Gasteiger partial charge is 0.356 e. The van der Waals surface area contributed by atoms with E-state index in [9.17, 15) is 0 Å². The topological polar surface area (TPSA) is 62.2 Å². The third-order valence-electron chi connectivity index (χ3n) is 4.36. The van der Waals surface area contributed by atoms with E-state index in [0.29, 0.717) is 6.54 Å². The molecular weight excluding hydrogens is 481 g/mol. The van der Waals surface area contributed by atoms with E-state index in [1.54, 1.807) is 18.4 Å². The quantitative estimate of drug-likeness (QED) is 0.302. The SMILES string of the molecule is CN=C(NCCc1nc(C(C)(C)C)cs1)NCc1ccnc2ccccc12.I. The first kappa shape index (κ1) is 22.5. The highest BCUT2D eigenvalue weighted by Gasteiger charge is 2.17. The molecule has 2 aromatic heterocycles. The van der Waals surface area contributed by atoms with E-state index >= 15 is 0 Å². The smallest absolute Gasteiger partial charge is 0.191 e. The Hall–Kier alpha value is -1.74. The van der Waals surface area contributed by atoms with Crippen LogP contribution in [0.1, 0.15) is 37.0 Å². The molecule has 0 amide bonds. The van der Waals surface area contributed by atoms with Gasteiger partial charge in [0.05, 0.1) is 16.2 Å². The van der Waals surface area contributed by atoms with Crippen LogP contribution in [0.3, 0.4) is 0 Å². The summed E-state index contributed by atoms with van der Waals surface area (Å²) in [5.74, 6) is 0.795. The zero-order valence-electron chi connectivity index (χ0n) is 16.8. The standard InChI is InChI=1S/C21H27N5S.HI/c1-21(2,3)18-14-27-19(26-18)10-12-24-20(22-4)25-13-15-9-11-23-17-8-6-5-7-16(15)17;/h5-9,11,14H,10,12-13H2,1-4H3,(H2,22,24,25);1H. The first-order chi connectivity index (χ1) is 13.0. The van der Waals surface area contributed by atoms with Crippen LogP contribution in [0.15, 0.2) is 46.9 Å². The van der Waals surface area contributed by atoms with Gasteiger partial charge in [0.1, 0.15) is 0 Å². The fourth-order valence-corrected chi connectivity index (χ4v) is 3.79. The lowest BCUT2D eigenvalue weighted by Gasteiger charge is -2.14. The number of fused-ring (bicyclic) bond motifs is 1. The van der Waals surface area contributed by atoms with E-state index in [1.165, 1.54) is 10.9 Å². The van der Waals surface area contributed by atoms with Crippen LogP contribution < -0.4 is 10.6 Å². The maximum atomic E-state index is 4.74. The summed E-state index contributed by atoms with van der Waals surface area (Å²) in [6, 6.07) is 10.2. The van der Waals surface area contributed by atoms with Gasteiger partial charge >= 0.3 is 0 Å². The number of benzene rings is 1. The second-order valence-electron chi connectivity index (χ2n) is 7.47. The lowest BCUT2D eigenvalue weighted by atomic mass is 9.93. The fourth-order valence-electron chi connectivity index (χ4n) is 2.77. The third-order valence-corrected chi connectivity index (χ3v) is 5.27. The van der Waals surface area contributed by atoms with Crippen molar-refractivity contribution in [3.63, 3.8) is 0 Å². The highest BCUT2D eigenvalue weighted by molar-refractivity contribution is 14.0. The highest BCUT2D eigenvalue weighted by Crippen LogP contribution is 2.23. The molecule has 0 bridgehead atoms. The molecule has 1 aromatic carbocycles. The number of nitrogens with one attached hydrogen (secondary N) is 2. The van der Waals surface area contributed by atoms with Gasteiger partial charge in [-0.3, -0.25) is 9.98 Å². The average molecular weight is 509 g/mol. The number of pyridine rings is 1. The minimum Gasteiger partial charge on any atom is -0.356 e. The maximum Gasteiger partial charge on any atom is 0.191 e. The number of hydrogen-bond acceptors (Lipinski definition) is 4. The average Bonchev–Trinajstić information content (AvgIpc) is 3.14. The molecule has 150 valence electrons. The molecule has 0 atom stereocenters. The molecule has 2 N–H and O–H groups in total. The van der Waals surface area contributed by atoms with Crippen LogP contribution in [0.25, 0.3) is 10.9 Å². The number of thiazole rings is 1. The summed E-state index contributed by atoms with van der Waals surface area (Å²) in [7, 11) is 1.79. The molecule has 0 unspecified atom stereocenters. The number of halogens is 1. The first-order valence-corrected chi connectivity index (χ1v) is 10.1. The Morgan fingerprint density at radius 3 is 2.64 bits per heavy atom. The van der Waals surface area contributed by atoms with Crippen LogP contribution >= 0.6 is 35.3 Å². The van der Waals surface area contributed by atoms with Crippen LogP contribution in [-0.4, -0.2) is 29.5 Å². The number of aromatic nitrogens is 2. The summed E-state index contributed by atoms with van der Waals surface area (Å²) < 4.78 is 0. The zero-order valence-corrected chi connectivity index (χ0v) is 20.0. The van der Waals surface area contributed by atoms with E-state index in [0.717, 1.165) is 35.1 Å². The van der Waals surface area contributed by atoms with Crippen molar-refractivity contribution in [2.24, 2.45) is 4.99 Å². The van der Waals surface area contributed by atoms with Crippen molar-refractivity contribution in [3.8, 4) is 0 Å². The maximum absolute atomic E-state index is 4.74. The molecule has 0 radical (unpaired) electrons. The minimum absolute atomic E-state index is 0. The Labute approximate surface area is 188 Å². The van der Waals surface area contributed by atoms with Crippen molar-refractivity contribution >= 4 is 52.2 Å². The molecule has 3 rings (SSSR count). The Balaban J connectivity index is 0.00000280. The van der Waals surface area contributed by atoms with Gasteiger partial charge in [0.25, 0.3) is 0 Å². The molecule has 2 heterocycles. The summed E-state index contributed by atoms with van der Waals surface area (Å²) in [4.78, 5) is 13.5. The monoisotopic (exact) mass is 509 g/mol. The third kappa shape index (κ3) is 5.88. The second kappa shape index (κ2) is 10.2. The lowest BCUT2D eigenvalue weighted by Crippen LogP contribution is -2.37. The summed E-state index contributed by atoms with van der Waals surface area (Å²) in [5.41, 5.74) is 3.48. The molecule has 0 saturated carbocycles. The molecule has 0 fully saturated rings. The molecule has 3 aromatic rings. The van der Waals surface area contributed by atoms with Crippen molar-refractivity contribution in [1.82, 2.24) is 20.6 Å². The number of guanidine groups is 1. The van der Waals surface area contributed by atoms with Crippen molar-refractivity contribution in [3.05, 3.63) is 58.2 Å². The fraction of sp³-hybridized carbons (Fsp3) is 0.381. The van der Waals surface area contributed by atoms with Crippen molar-refractivity contribution < 1.29 is 0 Å². The van der Waals surface area contributed by atoms with Crippen LogP contribution in [-0.2, 0) is 18.4 Å². The summed E-state index contributed by atoms with van der Waals surface area (Å²) in [6.45, 7) is 8.08. The molecule has 5 nitrogen and oxygen atoms in total.